The molecule has 0 saturated heterocycles. The Balaban J connectivity index is 1.46. The number of hydrogen-bond donors (Lipinski definition) is 2. The molecule has 0 saturated carbocycles. The SMILES string of the molecule is O=C(Nc1ccnn1-c1ccncc1)C(=O)N[C@H]1CCSc2ccccc21. The Hall–Kier alpha value is -3.13. The number of amides is 2. The lowest BCUT2D eigenvalue weighted by Crippen LogP contribution is -2.39. The summed E-state index contributed by atoms with van der Waals surface area (Å²) in [4.78, 5) is 29.9. The van der Waals surface area contributed by atoms with Crippen molar-refractivity contribution in [2.24, 2.45) is 0 Å². The second-order valence-corrected chi connectivity index (χ2v) is 7.13. The molecule has 2 amide bonds. The van der Waals surface area contributed by atoms with Crippen molar-refractivity contribution < 1.29 is 9.59 Å². The van der Waals surface area contributed by atoms with Crippen LogP contribution in [0.5, 0.6) is 0 Å². The standard InChI is InChI=1S/C19H17N5O2S/c25-18(22-15-8-12-27-16-4-2-1-3-14(15)16)19(26)23-17-7-11-21-24(17)13-5-9-20-10-6-13/h1-7,9-11,15H,8,12H2,(H,22,25)(H,23,26)/t15-/m0/s1. The van der Waals surface area contributed by atoms with Gasteiger partial charge in [-0.15, -0.1) is 11.8 Å². The summed E-state index contributed by atoms with van der Waals surface area (Å²) < 4.78 is 1.54. The van der Waals surface area contributed by atoms with E-state index in [1.807, 2.05) is 24.3 Å². The third-order valence-electron chi connectivity index (χ3n) is 4.26. The number of aromatic nitrogens is 3. The number of hydrogen-bond acceptors (Lipinski definition) is 5. The van der Waals surface area contributed by atoms with E-state index in [0.717, 1.165) is 28.3 Å². The van der Waals surface area contributed by atoms with E-state index in [4.69, 9.17) is 0 Å². The van der Waals surface area contributed by atoms with E-state index in [1.165, 1.54) is 0 Å². The van der Waals surface area contributed by atoms with Gasteiger partial charge in [0.1, 0.15) is 5.82 Å². The Kier molecular flexibility index (Phi) is 4.88. The minimum Gasteiger partial charge on any atom is -0.341 e. The van der Waals surface area contributed by atoms with E-state index in [1.54, 1.807) is 53.2 Å². The average Bonchev–Trinajstić information content (AvgIpc) is 3.17. The van der Waals surface area contributed by atoms with Crippen molar-refractivity contribution in [3.8, 4) is 5.69 Å². The number of fused-ring (bicyclic) bond motifs is 1. The molecule has 0 bridgehead atoms. The molecule has 1 atom stereocenters. The lowest BCUT2D eigenvalue weighted by atomic mass is 10.0. The Bertz CT molecular complexity index is 973. The summed E-state index contributed by atoms with van der Waals surface area (Å²) in [6.45, 7) is 0. The van der Waals surface area contributed by atoms with Gasteiger partial charge in [-0.1, -0.05) is 18.2 Å². The molecule has 27 heavy (non-hydrogen) atoms. The van der Waals surface area contributed by atoms with Gasteiger partial charge in [-0.25, -0.2) is 4.68 Å². The zero-order valence-corrected chi connectivity index (χ0v) is 15.1. The fourth-order valence-electron chi connectivity index (χ4n) is 2.98. The lowest BCUT2D eigenvalue weighted by Gasteiger charge is -2.25. The van der Waals surface area contributed by atoms with Gasteiger partial charge in [-0.2, -0.15) is 5.10 Å². The molecule has 7 nitrogen and oxygen atoms in total. The summed E-state index contributed by atoms with van der Waals surface area (Å²) in [5.41, 5.74) is 1.79. The van der Waals surface area contributed by atoms with Crippen LogP contribution in [0.3, 0.4) is 0 Å². The summed E-state index contributed by atoms with van der Waals surface area (Å²) in [5.74, 6) is -0.0649. The molecule has 2 aromatic heterocycles. The summed E-state index contributed by atoms with van der Waals surface area (Å²) in [7, 11) is 0. The highest BCUT2D eigenvalue weighted by Crippen LogP contribution is 2.35. The molecule has 136 valence electrons. The third-order valence-corrected chi connectivity index (χ3v) is 5.38. The smallest absolute Gasteiger partial charge is 0.314 e. The Morgan fingerprint density at radius 1 is 1.04 bits per heavy atom. The molecule has 0 unspecified atom stereocenters. The van der Waals surface area contributed by atoms with Crippen LogP contribution in [0.25, 0.3) is 5.69 Å². The quantitative estimate of drug-likeness (QED) is 0.683. The first kappa shape index (κ1) is 17.3. The summed E-state index contributed by atoms with van der Waals surface area (Å²) in [6, 6.07) is 12.9. The molecule has 0 aliphatic carbocycles. The lowest BCUT2D eigenvalue weighted by molar-refractivity contribution is -0.136. The van der Waals surface area contributed by atoms with Gasteiger partial charge in [0, 0.05) is 29.1 Å². The maximum Gasteiger partial charge on any atom is 0.314 e. The number of rotatable bonds is 3. The van der Waals surface area contributed by atoms with Crippen molar-refractivity contribution in [1.82, 2.24) is 20.1 Å². The number of pyridine rings is 1. The first-order valence-electron chi connectivity index (χ1n) is 8.50. The zero-order chi connectivity index (χ0) is 18.6. The van der Waals surface area contributed by atoms with E-state index < -0.39 is 11.8 Å². The van der Waals surface area contributed by atoms with E-state index in [2.05, 4.69) is 20.7 Å². The Labute approximate surface area is 160 Å². The molecule has 1 aromatic carbocycles. The molecular formula is C19H17N5O2S. The van der Waals surface area contributed by atoms with E-state index in [9.17, 15) is 9.59 Å². The van der Waals surface area contributed by atoms with Crippen LogP contribution in [0.15, 0.2) is 66.0 Å². The van der Waals surface area contributed by atoms with Crippen LogP contribution in [0.4, 0.5) is 5.82 Å². The van der Waals surface area contributed by atoms with Crippen molar-refractivity contribution in [3.05, 3.63) is 66.6 Å². The highest BCUT2D eigenvalue weighted by atomic mass is 32.2. The van der Waals surface area contributed by atoms with Gasteiger partial charge < -0.3 is 10.6 Å². The molecular weight excluding hydrogens is 362 g/mol. The van der Waals surface area contributed by atoms with E-state index in [0.29, 0.717) is 5.82 Å². The van der Waals surface area contributed by atoms with Crippen LogP contribution in [0.2, 0.25) is 0 Å². The zero-order valence-electron chi connectivity index (χ0n) is 14.3. The van der Waals surface area contributed by atoms with Gasteiger partial charge in [0.05, 0.1) is 17.9 Å². The van der Waals surface area contributed by atoms with Gasteiger partial charge in [0.2, 0.25) is 0 Å². The average molecular weight is 379 g/mol. The number of thioether (sulfide) groups is 1. The number of nitrogens with zero attached hydrogens (tertiary/aromatic N) is 3. The largest absolute Gasteiger partial charge is 0.341 e. The Morgan fingerprint density at radius 3 is 2.70 bits per heavy atom. The molecule has 3 heterocycles. The summed E-state index contributed by atoms with van der Waals surface area (Å²) in [6.07, 6.45) is 5.61. The van der Waals surface area contributed by atoms with Gasteiger partial charge in [-0.3, -0.25) is 14.6 Å². The number of carbonyl (C=O) groups is 2. The van der Waals surface area contributed by atoms with Crippen LogP contribution >= 0.6 is 11.8 Å². The van der Waals surface area contributed by atoms with Crippen molar-refractivity contribution in [3.63, 3.8) is 0 Å². The van der Waals surface area contributed by atoms with Crippen molar-refractivity contribution in [2.75, 3.05) is 11.1 Å². The van der Waals surface area contributed by atoms with Crippen LogP contribution in [-0.4, -0.2) is 32.3 Å². The molecule has 1 aliphatic heterocycles. The molecule has 3 aromatic rings. The molecule has 0 spiro atoms. The normalized spacial score (nSPS) is 15.6. The predicted molar refractivity (Wildman–Crippen MR) is 103 cm³/mol. The monoisotopic (exact) mass is 379 g/mol. The highest BCUT2D eigenvalue weighted by Gasteiger charge is 2.25. The summed E-state index contributed by atoms with van der Waals surface area (Å²) in [5, 5.41) is 9.65. The number of benzene rings is 1. The fourth-order valence-corrected chi connectivity index (χ4v) is 4.10. The van der Waals surface area contributed by atoms with Crippen LogP contribution in [0, 0.1) is 0 Å². The second-order valence-electron chi connectivity index (χ2n) is 5.99. The molecule has 8 heteroatoms. The highest BCUT2D eigenvalue weighted by molar-refractivity contribution is 7.99. The molecule has 2 N–H and O–H groups in total. The van der Waals surface area contributed by atoms with Crippen molar-refractivity contribution >= 4 is 29.4 Å². The van der Waals surface area contributed by atoms with Gasteiger partial charge in [0.15, 0.2) is 0 Å². The van der Waals surface area contributed by atoms with Crippen LogP contribution in [0.1, 0.15) is 18.0 Å². The predicted octanol–water partition coefficient (Wildman–Crippen LogP) is 2.56. The van der Waals surface area contributed by atoms with Gasteiger partial charge >= 0.3 is 11.8 Å². The second kappa shape index (κ2) is 7.63. The molecule has 0 radical (unpaired) electrons. The third kappa shape index (κ3) is 3.70. The first-order valence-corrected chi connectivity index (χ1v) is 9.49. The maximum absolute atomic E-state index is 12.4. The van der Waals surface area contributed by atoms with Crippen molar-refractivity contribution in [2.45, 2.75) is 17.4 Å². The summed E-state index contributed by atoms with van der Waals surface area (Å²) >= 11 is 1.76. The van der Waals surface area contributed by atoms with Gasteiger partial charge in [-0.05, 0) is 30.2 Å². The fraction of sp³-hybridized carbons (Fsp3) is 0.158. The Morgan fingerprint density at radius 2 is 1.85 bits per heavy atom. The van der Waals surface area contributed by atoms with Gasteiger partial charge in [0.25, 0.3) is 0 Å². The molecule has 0 fully saturated rings. The van der Waals surface area contributed by atoms with E-state index in [-0.39, 0.29) is 6.04 Å². The van der Waals surface area contributed by atoms with E-state index >= 15 is 0 Å². The topological polar surface area (TPSA) is 88.9 Å². The minimum absolute atomic E-state index is 0.161. The number of nitrogens with one attached hydrogen (secondary N) is 2. The maximum atomic E-state index is 12.4. The number of anilines is 1. The first-order chi connectivity index (χ1) is 13.2. The molecule has 4 rings (SSSR count). The van der Waals surface area contributed by atoms with Crippen LogP contribution < -0.4 is 10.6 Å². The van der Waals surface area contributed by atoms with Crippen molar-refractivity contribution in [1.29, 1.82) is 0 Å². The number of carbonyl (C=O) groups excluding carboxylic acids is 2. The minimum atomic E-state index is -0.721. The van der Waals surface area contributed by atoms with Crippen LogP contribution in [-0.2, 0) is 9.59 Å². The molecule has 1 aliphatic rings.